The number of benzene rings is 1. The minimum Gasteiger partial charge on any atom is -0.339 e. The van der Waals surface area contributed by atoms with E-state index in [-0.39, 0.29) is 28.5 Å². The Morgan fingerprint density at radius 2 is 1.86 bits per heavy atom. The summed E-state index contributed by atoms with van der Waals surface area (Å²) in [5, 5.41) is 3.18. The van der Waals surface area contributed by atoms with Gasteiger partial charge in [-0.25, -0.2) is 9.07 Å². The molecular formula is C26H27ClFN5O3. The van der Waals surface area contributed by atoms with Crippen LogP contribution >= 0.6 is 11.6 Å². The first-order valence-electron chi connectivity index (χ1n) is 11.5. The van der Waals surface area contributed by atoms with Crippen LogP contribution in [-0.2, 0) is 11.3 Å². The van der Waals surface area contributed by atoms with Gasteiger partial charge in [-0.2, -0.15) is 0 Å². The number of allylic oxidation sites excluding steroid dienone is 2. The van der Waals surface area contributed by atoms with E-state index in [1.54, 1.807) is 24.0 Å². The van der Waals surface area contributed by atoms with Crippen molar-refractivity contribution >= 4 is 28.4 Å². The number of nitrogens with one attached hydrogen (secondary N) is 1. The van der Waals surface area contributed by atoms with Gasteiger partial charge in [-0.15, -0.1) is 0 Å². The van der Waals surface area contributed by atoms with Crippen molar-refractivity contribution < 1.29 is 9.18 Å². The maximum absolute atomic E-state index is 13.5. The molecule has 3 heterocycles. The van der Waals surface area contributed by atoms with Gasteiger partial charge in [0.2, 0.25) is 5.91 Å². The second-order valence-electron chi connectivity index (χ2n) is 8.63. The third kappa shape index (κ3) is 4.98. The van der Waals surface area contributed by atoms with Crippen LogP contribution < -0.4 is 11.1 Å². The number of pyridine rings is 1. The number of piperazine rings is 1. The van der Waals surface area contributed by atoms with Crippen LogP contribution in [0.3, 0.4) is 0 Å². The van der Waals surface area contributed by atoms with Gasteiger partial charge in [0.05, 0.1) is 21.6 Å². The number of nitrogens with zero attached hydrogens (tertiary/aromatic N) is 4. The van der Waals surface area contributed by atoms with Gasteiger partial charge in [-0.3, -0.25) is 24.4 Å². The molecule has 0 aliphatic carbocycles. The molecule has 1 aliphatic heterocycles. The van der Waals surface area contributed by atoms with E-state index >= 15 is 0 Å². The maximum Gasteiger partial charge on any atom is 0.280 e. The zero-order valence-electron chi connectivity index (χ0n) is 20.0. The molecule has 10 heteroatoms. The van der Waals surface area contributed by atoms with E-state index in [4.69, 9.17) is 11.6 Å². The first kappa shape index (κ1) is 25.4. The second kappa shape index (κ2) is 10.5. The standard InChI is InChI=1S/C26H27ClFN5O3/c1-4-6-18(5-2)15-30-9-11-31(12-10-30)24(35)16-32-17(3)25-21(14-23(32)34)29-33(26(25)36)22-8-7-19(28)13-20(22)27/h4-8,13-14,29H,1-2,9-12,15-16H2,3H3/b18-6+. The number of halogens is 2. The number of hydrogen-bond acceptors (Lipinski definition) is 4. The topological polar surface area (TPSA) is 83.3 Å². The van der Waals surface area contributed by atoms with Gasteiger partial charge in [0, 0.05) is 44.5 Å². The molecule has 1 aliphatic rings. The average Bonchev–Trinajstić information content (AvgIpc) is 3.17. The number of hydrogen-bond donors (Lipinski definition) is 1. The summed E-state index contributed by atoms with van der Waals surface area (Å²) in [6, 6.07) is 4.96. The van der Waals surface area contributed by atoms with Gasteiger partial charge in [0.1, 0.15) is 12.4 Å². The second-order valence-corrected chi connectivity index (χ2v) is 9.04. The summed E-state index contributed by atoms with van der Waals surface area (Å²) in [5.74, 6) is -0.722. The van der Waals surface area contributed by atoms with E-state index in [2.05, 4.69) is 23.2 Å². The number of rotatable bonds is 7. The monoisotopic (exact) mass is 511 g/mol. The normalized spacial score (nSPS) is 14.9. The van der Waals surface area contributed by atoms with Crippen LogP contribution in [0.15, 0.2) is 70.8 Å². The van der Waals surface area contributed by atoms with Crippen molar-refractivity contribution in [3.63, 3.8) is 0 Å². The molecule has 1 amide bonds. The third-order valence-corrected chi connectivity index (χ3v) is 6.69. The predicted octanol–water partition coefficient (Wildman–Crippen LogP) is 3.02. The molecule has 0 radical (unpaired) electrons. The van der Waals surface area contributed by atoms with Gasteiger partial charge in [0.15, 0.2) is 0 Å². The number of aromatic nitrogens is 3. The lowest BCUT2D eigenvalue weighted by molar-refractivity contribution is -0.133. The number of aromatic amines is 1. The summed E-state index contributed by atoms with van der Waals surface area (Å²) < 4.78 is 15.9. The fourth-order valence-electron chi connectivity index (χ4n) is 4.42. The van der Waals surface area contributed by atoms with Crippen LogP contribution in [0.2, 0.25) is 5.02 Å². The Morgan fingerprint density at radius 3 is 2.50 bits per heavy atom. The van der Waals surface area contributed by atoms with Crippen molar-refractivity contribution in [1.29, 1.82) is 0 Å². The van der Waals surface area contributed by atoms with E-state index in [9.17, 15) is 18.8 Å². The van der Waals surface area contributed by atoms with Crippen molar-refractivity contribution in [1.82, 2.24) is 24.1 Å². The summed E-state index contributed by atoms with van der Waals surface area (Å²) in [4.78, 5) is 43.0. The first-order valence-corrected chi connectivity index (χ1v) is 11.9. The largest absolute Gasteiger partial charge is 0.339 e. The van der Waals surface area contributed by atoms with Crippen molar-refractivity contribution in [2.75, 3.05) is 32.7 Å². The number of carbonyl (C=O) groups is 1. The molecule has 0 bridgehead atoms. The molecular weight excluding hydrogens is 485 g/mol. The van der Waals surface area contributed by atoms with Crippen LogP contribution in [0.25, 0.3) is 16.6 Å². The van der Waals surface area contributed by atoms with Gasteiger partial charge >= 0.3 is 0 Å². The zero-order valence-corrected chi connectivity index (χ0v) is 20.7. The van der Waals surface area contributed by atoms with Crippen LogP contribution in [0.4, 0.5) is 4.39 Å². The lowest BCUT2D eigenvalue weighted by Crippen LogP contribution is -2.50. The van der Waals surface area contributed by atoms with Crippen LogP contribution in [-0.4, -0.2) is 62.8 Å². The highest BCUT2D eigenvalue weighted by Crippen LogP contribution is 2.21. The number of aryl methyl sites for hydroxylation is 1. The molecule has 2 aromatic heterocycles. The zero-order chi connectivity index (χ0) is 26.0. The van der Waals surface area contributed by atoms with Crippen molar-refractivity contribution in [3.05, 3.63) is 98.5 Å². The third-order valence-electron chi connectivity index (χ3n) is 6.39. The molecule has 3 aromatic rings. The number of fused-ring (bicyclic) bond motifs is 1. The Balaban J connectivity index is 1.55. The minimum atomic E-state index is -0.530. The molecule has 0 atom stereocenters. The van der Waals surface area contributed by atoms with Crippen molar-refractivity contribution in [2.24, 2.45) is 0 Å². The Hall–Kier alpha value is -3.69. The molecule has 1 N–H and O–H groups in total. The first-order chi connectivity index (χ1) is 17.2. The van der Waals surface area contributed by atoms with E-state index in [1.165, 1.54) is 27.4 Å². The predicted molar refractivity (Wildman–Crippen MR) is 139 cm³/mol. The quantitative estimate of drug-likeness (QED) is 0.494. The van der Waals surface area contributed by atoms with Gasteiger partial charge < -0.3 is 9.47 Å². The van der Waals surface area contributed by atoms with E-state index < -0.39 is 16.9 Å². The summed E-state index contributed by atoms with van der Waals surface area (Å²) in [5.41, 5.74) is 1.14. The highest BCUT2D eigenvalue weighted by Gasteiger charge is 2.23. The van der Waals surface area contributed by atoms with Crippen LogP contribution in [0.1, 0.15) is 5.69 Å². The SMILES string of the molecule is C=C/C=C(\C=C)CN1CCN(C(=O)Cn2c(C)c3c(=O)n(-c4ccc(F)cc4Cl)[nH]c3cc2=O)CC1. The minimum absolute atomic E-state index is 0.0473. The molecule has 1 aromatic carbocycles. The average molecular weight is 512 g/mol. The van der Waals surface area contributed by atoms with Gasteiger partial charge in [0.25, 0.3) is 11.1 Å². The number of H-pyrrole nitrogens is 1. The Bertz CT molecular complexity index is 1490. The van der Waals surface area contributed by atoms with Crippen molar-refractivity contribution in [3.8, 4) is 5.69 Å². The highest BCUT2D eigenvalue weighted by molar-refractivity contribution is 6.32. The van der Waals surface area contributed by atoms with E-state index in [1.807, 2.05) is 6.08 Å². The van der Waals surface area contributed by atoms with Crippen molar-refractivity contribution in [2.45, 2.75) is 13.5 Å². The molecule has 188 valence electrons. The number of amides is 1. The molecule has 1 saturated heterocycles. The summed E-state index contributed by atoms with van der Waals surface area (Å²) in [6.45, 7) is 12.2. The highest BCUT2D eigenvalue weighted by atomic mass is 35.5. The van der Waals surface area contributed by atoms with Crippen LogP contribution in [0.5, 0.6) is 0 Å². The molecule has 4 rings (SSSR count). The molecule has 0 saturated carbocycles. The fraction of sp³-hybridized carbons (Fsp3) is 0.269. The summed E-state index contributed by atoms with van der Waals surface area (Å²) >= 11 is 6.13. The molecule has 8 nitrogen and oxygen atoms in total. The van der Waals surface area contributed by atoms with E-state index in [0.29, 0.717) is 37.4 Å². The molecule has 1 fully saturated rings. The lowest BCUT2D eigenvalue weighted by atomic mass is 10.2. The molecule has 36 heavy (non-hydrogen) atoms. The summed E-state index contributed by atoms with van der Waals surface area (Å²) in [6.07, 6.45) is 5.43. The van der Waals surface area contributed by atoms with Gasteiger partial charge in [-0.05, 0) is 30.7 Å². The molecule has 0 unspecified atom stereocenters. The fourth-order valence-corrected chi connectivity index (χ4v) is 4.68. The lowest BCUT2D eigenvalue weighted by Gasteiger charge is -2.35. The smallest absolute Gasteiger partial charge is 0.280 e. The van der Waals surface area contributed by atoms with E-state index in [0.717, 1.165) is 18.2 Å². The maximum atomic E-state index is 13.5. The van der Waals surface area contributed by atoms with Gasteiger partial charge in [-0.1, -0.05) is 43.0 Å². The Morgan fingerprint density at radius 1 is 1.14 bits per heavy atom. The Kier molecular flexibility index (Phi) is 7.42. The molecule has 0 spiro atoms. The summed E-state index contributed by atoms with van der Waals surface area (Å²) in [7, 11) is 0. The van der Waals surface area contributed by atoms with Crippen LogP contribution in [0, 0.1) is 12.7 Å². The Labute approximate surface area is 212 Å². The number of carbonyl (C=O) groups excluding carboxylic acids is 1.